The maximum atomic E-state index is 11.1. The van der Waals surface area contributed by atoms with Crippen LogP contribution in [0, 0.1) is 6.92 Å². The third kappa shape index (κ3) is 3.34. The number of halogens is 1. The number of nitrogens with zero attached hydrogens (tertiary/aromatic N) is 1. The van der Waals surface area contributed by atoms with Crippen molar-refractivity contribution in [2.45, 2.75) is 25.8 Å². The smallest absolute Gasteiger partial charge is 0.238 e. The van der Waals surface area contributed by atoms with Crippen molar-refractivity contribution in [1.82, 2.24) is 10.3 Å². The Kier molecular flexibility index (Phi) is 3.89. The molecule has 0 saturated carbocycles. The van der Waals surface area contributed by atoms with E-state index < -0.39 is 5.38 Å². The number of aryl methyl sites for hydroxylation is 1. The zero-order valence-corrected chi connectivity index (χ0v) is 9.01. The summed E-state index contributed by atoms with van der Waals surface area (Å²) < 4.78 is 0. The van der Waals surface area contributed by atoms with Crippen molar-refractivity contribution < 1.29 is 4.79 Å². The second-order valence-corrected chi connectivity index (χ2v) is 3.76. The monoisotopic (exact) mass is 212 g/mol. The second kappa shape index (κ2) is 4.96. The van der Waals surface area contributed by atoms with E-state index in [4.69, 9.17) is 11.6 Å². The van der Waals surface area contributed by atoms with Gasteiger partial charge in [-0.15, -0.1) is 11.6 Å². The number of hydrogen-bond donors (Lipinski definition) is 1. The summed E-state index contributed by atoms with van der Waals surface area (Å²) in [4.78, 5) is 15.4. The van der Waals surface area contributed by atoms with E-state index in [2.05, 4.69) is 10.3 Å². The molecule has 1 amide bonds. The summed E-state index contributed by atoms with van der Waals surface area (Å²) >= 11 is 5.59. The molecule has 1 aromatic heterocycles. The van der Waals surface area contributed by atoms with Crippen molar-refractivity contribution in [3.8, 4) is 0 Å². The van der Waals surface area contributed by atoms with Crippen LogP contribution in [0.4, 0.5) is 0 Å². The molecule has 1 unspecified atom stereocenters. The molecule has 1 heterocycles. The fourth-order valence-electron chi connectivity index (χ4n) is 1.02. The van der Waals surface area contributed by atoms with Gasteiger partial charge in [-0.2, -0.15) is 0 Å². The zero-order chi connectivity index (χ0) is 10.6. The molecule has 0 bridgehead atoms. The molecule has 3 nitrogen and oxygen atoms in total. The number of nitrogens with one attached hydrogen (secondary N) is 1. The Balaban J connectivity index is 2.50. The maximum absolute atomic E-state index is 11.1. The number of rotatable bonds is 3. The standard InChI is InChI=1S/C10H13ClN2O/c1-7-4-3-5-9(13-7)6-12-10(14)8(2)11/h3-5,8H,6H2,1-2H3,(H,12,14). The van der Waals surface area contributed by atoms with Crippen molar-refractivity contribution in [3.05, 3.63) is 29.6 Å². The number of hydrogen-bond acceptors (Lipinski definition) is 2. The Morgan fingerprint density at radius 3 is 2.93 bits per heavy atom. The molecule has 0 aliphatic carbocycles. The third-order valence-electron chi connectivity index (χ3n) is 1.75. The van der Waals surface area contributed by atoms with Gasteiger partial charge in [0.2, 0.25) is 5.91 Å². The summed E-state index contributed by atoms with van der Waals surface area (Å²) in [5.74, 6) is -0.171. The normalized spacial score (nSPS) is 12.2. The predicted molar refractivity (Wildman–Crippen MR) is 56.1 cm³/mol. The van der Waals surface area contributed by atoms with Gasteiger partial charge >= 0.3 is 0 Å². The molecule has 14 heavy (non-hydrogen) atoms. The lowest BCUT2D eigenvalue weighted by Gasteiger charge is -2.06. The van der Waals surface area contributed by atoms with Crippen LogP contribution >= 0.6 is 11.6 Å². The first-order valence-electron chi connectivity index (χ1n) is 4.44. The highest BCUT2D eigenvalue weighted by molar-refractivity contribution is 6.30. The fourth-order valence-corrected chi connectivity index (χ4v) is 1.09. The van der Waals surface area contributed by atoms with Gasteiger partial charge in [0.25, 0.3) is 0 Å². The van der Waals surface area contributed by atoms with Crippen LogP contribution in [0.15, 0.2) is 18.2 Å². The van der Waals surface area contributed by atoms with Crippen LogP contribution in [0.3, 0.4) is 0 Å². The van der Waals surface area contributed by atoms with E-state index in [0.717, 1.165) is 11.4 Å². The fraction of sp³-hybridized carbons (Fsp3) is 0.400. The Hall–Kier alpha value is -1.09. The van der Waals surface area contributed by atoms with Crippen LogP contribution < -0.4 is 5.32 Å². The molecule has 0 radical (unpaired) electrons. The molecule has 0 aliphatic heterocycles. The van der Waals surface area contributed by atoms with Crippen molar-refractivity contribution in [1.29, 1.82) is 0 Å². The largest absolute Gasteiger partial charge is 0.349 e. The first-order chi connectivity index (χ1) is 6.59. The summed E-state index contributed by atoms with van der Waals surface area (Å²) in [6, 6.07) is 5.69. The molecule has 76 valence electrons. The highest BCUT2D eigenvalue weighted by Crippen LogP contribution is 1.98. The van der Waals surface area contributed by atoms with E-state index in [1.807, 2.05) is 25.1 Å². The minimum Gasteiger partial charge on any atom is -0.349 e. The van der Waals surface area contributed by atoms with Crippen LogP contribution in [0.25, 0.3) is 0 Å². The van der Waals surface area contributed by atoms with Gasteiger partial charge in [-0.05, 0) is 26.0 Å². The van der Waals surface area contributed by atoms with E-state index in [1.165, 1.54) is 0 Å². The lowest BCUT2D eigenvalue weighted by atomic mass is 10.3. The van der Waals surface area contributed by atoms with Crippen molar-refractivity contribution in [2.75, 3.05) is 0 Å². The average molecular weight is 213 g/mol. The lowest BCUT2D eigenvalue weighted by molar-refractivity contribution is -0.120. The van der Waals surface area contributed by atoms with Crippen LogP contribution in [0.1, 0.15) is 18.3 Å². The molecular weight excluding hydrogens is 200 g/mol. The Labute approximate surface area is 88.5 Å². The molecule has 0 saturated heterocycles. The van der Waals surface area contributed by atoms with Gasteiger partial charge in [0.1, 0.15) is 5.38 Å². The molecule has 0 spiro atoms. The van der Waals surface area contributed by atoms with Crippen LogP contribution in [-0.2, 0) is 11.3 Å². The molecule has 1 N–H and O–H groups in total. The van der Waals surface area contributed by atoms with Gasteiger partial charge in [-0.1, -0.05) is 6.07 Å². The molecule has 4 heteroatoms. The number of pyridine rings is 1. The summed E-state index contributed by atoms with van der Waals surface area (Å²) in [6.07, 6.45) is 0. The third-order valence-corrected chi connectivity index (χ3v) is 1.95. The van der Waals surface area contributed by atoms with Gasteiger partial charge in [-0.3, -0.25) is 9.78 Å². The van der Waals surface area contributed by atoms with Crippen LogP contribution in [-0.4, -0.2) is 16.3 Å². The molecule has 1 aromatic rings. The minimum atomic E-state index is -0.500. The Bertz CT molecular complexity index is 326. The van der Waals surface area contributed by atoms with Gasteiger partial charge < -0.3 is 5.32 Å². The van der Waals surface area contributed by atoms with Crippen LogP contribution in [0.2, 0.25) is 0 Å². The predicted octanol–water partition coefficient (Wildman–Crippen LogP) is 1.63. The van der Waals surface area contributed by atoms with E-state index >= 15 is 0 Å². The Morgan fingerprint density at radius 1 is 1.64 bits per heavy atom. The van der Waals surface area contributed by atoms with Gasteiger partial charge in [0.15, 0.2) is 0 Å². The van der Waals surface area contributed by atoms with Crippen LogP contribution in [0.5, 0.6) is 0 Å². The molecule has 0 fully saturated rings. The minimum absolute atomic E-state index is 0.171. The zero-order valence-electron chi connectivity index (χ0n) is 8.25. The first-order valence-corrected chi connectivity index (χ1v) is 4.87. The Morgan fingerprint density at radius 2 is 2.36 bits per heavy atom. The van der Waals surface area contributed by atoms with Gasteiger partial charge in [-0.25, -0.2) is 0 Å². The van der Waals surface area contributed by atoms with Crippen molar-refractivity contribution >= 4 is 17.5 Å². The highest BCUT2D eigenvalue weighted by Gasteiger charge is 2.07. The van der Waals surface area contributed by atoms with E-state index in [-0.39, 0.29) is 5.91 Å². The SMILES string of the molecule is Cc1cccc(CNC(=O)C(C)Cl)n1. The second-order valence-electron chi connectivity index (χ2n) is 3.10. The first kappa shape index (κ1) is 11.0. The average Bonchev–Trinajstić information content (AvgIpc) is 2.14. The van der Waals surface area contributed by atoms with Gasteiger partial charge in [0, 0.05) is 5.69 Å². The highest BCUT2D eigenvalue weighted by atomic mass is 35.5. The number of aromatic nitrogens is 1. The summed E-state index contributed by atoms with van der Waals surface area (Å²) in [5, 5.41) is 2.19. The summed E-state index contributed by atoms with van der Waals surface area (Å²) in [6.45, 7) is 3.98. The van der Waals surface area contributed by atoms with E-state index in [0.29, 0.717) is 6.54 Å². The molecular formula is C10H13ClN2O. The number of amides is 1. The van der Waals surface area contributed by atoms with E-state index in [1.54, 1.807) is 6.92 Å². The number of alkyl halides is 1. The molecule has 0 aromatic carbocycles. The maximum Gasteiger partial charge on any atom is 0.238 e. The number of carbonyl (C=O) groups is 1. The lowest BCUT2D eigenvalue weighted by Crippen LogP contribution is -2.29. The van der Waals surface area contributed by atoms with Crippen molar-refractivity contribution in [2.24, 2.45) is 0 Å². The van der Waals surface area contributed by atoms with Gasteiger partial charge in [0.05, 0.1) is 12.2 Å². The summed E-state index contributed by atoms with van der Waals surface area (Å²) in [7, 11) is 0. The quantitative estimate of drug-likeness (QED) is 0.774. The summed E-state index contributed by atoms with van der Waals surface area (Å²) in [5.41, 5.74) is 1.78. The molecule has 0 aliphatic rings. The molecule has 1 rings (SSSR count). The number of carbonyl (C=O) groups excluding carboxylic acids is 1. The van der Waals surface area contributed by atoms with E-state index in [9.17, 15) is 4.79 Å². The topological polar surface area (TPSA) is 42.0 Å². The van der Waals surface area contributed by atoms with Crippen molar-refractivity contribution in [3.63, 3.8) is 0 Å². The molecule has 1 atom stereocenters.